The molecular formula is C17H20ClNO. The monoisotopic (exact) mass is 289 g/mol. The van der Waals surface area contributed by atoms with Crippen molar-refractivity contribution in [3.63, 3.8) is 0 Å². The van der Waals surface area contributed by atoms with Crippen LogP contribution in [0, 0.1) is 13.8 Å². The van der Waals surface area contributed by atoms with Crippen LogP contribution in [0.1, 0.15) is 23.6 Å². The minimum atomic E-state index is 0.166. The van der Waals surface area contributed by atoms with E-state index >= 15 is 0 Å². The zero-order chi connectivity index (χ0) is 14.7. The van der Waals surface area contributed by atoms with Crippen molar-refractivity contribution in [2.75, 3.05) is 0 Å². The number of aryl methyl sites for hydroxylation is 2. The van der Waals surface area contributed by atoms with E-state index < -0.39 is 0 Å². The molecule has 0 amide bonds. The molecule has 2 N–H and O–H groups in total. The molecule has 2 nitrogen and oxygen atoms in total. The second-order valence-corrected chi connectivity index (χ2v) is 5.73. The molecule has 0 saturated carbocycles. The lowest BCUT2D eigenvalue weighted by Gasteiger charge is -2.13. The first-order valence-electron chi connectivity index (χ1n) is 6.75. The highest BCUT2D eigenvalue weighted by Gasteiger charge is 2.06. The Morgan fingerprint density at radius 3 is 2.20 bits per heavy atom. The molecule has 0 aromatic heterocycles. The largest absolute Gasteiger partial charge is 0.457 e. The average Bonchev–Trinajstić information content (AvgIpc) is 2.34. The van der Waals surface area contributed by atoms with Gasteiger partial charge in [0, 0.05) is 11.1 Å². The van der Waals surface area contributed by atoms with Crippen molar-refractivity contribution >= 4 is 11.6 Å². The Balaban J connectivity index is 2.21. The highest BCUT2D eigenvalue weighted by molar-refractivity contribution is 6.30. The molecule has 0 aliphatic rings. The van der Waals surface area contributed by atoms with Crippen LogP contribution in [0.5, 0.6) is 11.5 Å². The summed E-state index contributed by atoms with van der Waals surface area (Å²) in [5.74, 6) is 1.70. The highest BCUT2D eigenvalue weighted by Crippen LogP contribution is 2.29. The van der Waals surface area contributed by atoms with Crippen molar-refractivity contribution in [1.82, 2.24) is 0 Å². The highest BCUT2D eigenvalue weighted by atomic mass is 35.5. The standard InChI is InChI=1S/C17H20ClNO/c1-11-8-14(10-13(3)19)4-6-16(11)20-17-7-5-15(18)9-12(17)2/h4-9,13H,10,19H2,1-3H3. The van der Waals surface area contributed by atoms with Gasteiger partial charge in [-0.3, -0.25) is 0 Å². The molecule has 1 unspecified atom stereocenters. The summed E-state index contributed by atoms with van der Waals surface area (Å²) in [5.41, 5.74) is 9.19. The second kappa shape index (κ2) is 6.29. The summed E-state index contributed by atoms with van der Waals surface area (Å²) in [4.78, 5) is 0. The zero-order valence-electron chi connectivity index (χ0n) is 12.1. The van der Waals surface area contributed by atoms with Crippen LogP contribution in [0.3, 0.4) is 0 Å². The van der Waals surface area contributed by atoms with Crippen LogP contribution in [-0.2, 0) is 6.42 Å². The topological polar surface area (TPSA) is 35.2 Å². The molecule has 0 fully saturated rings. The van der Waals surface area contributed by atoms with Gasteiger partial charge in [-0.05, 0) is 68.1 Å². The van der Waals surface area contributed by atoms with Gasteiger partial charge in [0.25, 0.3) is 0 Å². The molecule has 20 heavy (non-hydrogen) atoms. The molecule has 0 bridgehead atoms. The Morgan fingerprint density at radius 2 is 1.65 bits per heavy atom. The summed E-state index contributed by atoms with van der Waals surface area (Å²) in [7, 11) is 0. The lowest BCUT2D eigenvalue weighted by molar-refractivity contribution is 0.475. The Kier molecular flexibility index (Phi) is 4.69. The zero-order valence-corrected chi connectivity index (χ0v) is 12.9. The lowest BCUT2D eigenvalue weighted by atomic mass is 10.0. The molecule has 0 spiro atoms. The maximum Gasteiger partial charge on any atom is 0.130 e. The van der Waals surface area contributed by atoms with Gasteiger partial charge < -0.3 is 10.5 Å². The van der Waals surface area contributed by atoms with E-state index in [4.69, 9.17) is 22.1 Å². The number of nitrogens with two attached hydrogens (primary N) is 1. The van der Waals surface area contributed by atoms with E-state index in [-0.39, 0.29) is 6.04 Å². The summed E-state index contributed by atoms with van der Waals surface area (Å²) in [6, 6.07) is 12.0. The third kappa shape index (κ3) is 3.75. The first-order valence-corrected chi connectivity index (χ1v) is 7.12. The van der Waals surface area contributed by atoms with E-state index in [0.717, 1.165) is 34.1 Å². The number of benzene rings is 2. The maximum atomic E-state index is 5.96. The van der Waals surface area contributed by atoms with Gasteiger partial charge in [-0.1, -0.05) is 23.7 Å². The molecule has 1 atom stereocenters. The lowest BCUT2D eigenvalue weighted by Crippen LogP contribution is -2.17. The number of halogens is 1. The smallest absolute Gasteiger partial charge is 0.130 e. The number of rotatable bonds is 4. The minimum absolute atomic E-state index is 0.166. The van der Waals surface area contributed by atoms with Gasteiger partial charge in [0.15, 0.2) is 0 Å². The van der Waals surface area contributed by atoms with Crippen LogP contribution in [0.2, 0.25) is 5.02 Å². The molecule has 2 aromatic rings. The Labute approximate surface area is 125 Å². The summed E-state index contributed by atoms with van der Waals surface area (Å²) in [6.07, 6.45) is 0.876. The van der Waals surface area contributed by atoms with Crippen LogP contribution in [0.25, 0.3) is 0 Å². The number of ether oxygens (including phenoxy) is 1. The van der Waals surface area contributed by atoms with Gasteiger partial charge in [0.1, 0.15) is 11.5 Å². The summed E-state index contributed by atoms with van der Waals surface area (Å²) in [6.45, 7) is 6.04. The van der Waals surface area contributed by atoms with Crippen molar-refractivity contribution < 1.29 is 4.74 Å². The quantitative estimate of drug-likeness (QED) is 0.890. The predicted molar refractivity (Wildman–Crippen MR) is 84.8 cm³/mol. The third-order valence-electron chi connectivity index (χ3n) is 3.15. The van der Waals surface area contributed by atoms with Crippen molar-refractivity contribution in [2.24, 2.45) is 5.73 Å². The van der Waals surface area contributed by atoms with E-state index in [9.17, 15) is 0 Å². The van der Waals surface area contributed by atoms with Crippen LogP contribution < -0.4 is 10.5 Å². The van der Waals surface area contributed by atoms with Gasteiger partial charge in [0.2, 0.25) is 0 Å². The third-order valence-corrected chi connectivity index (χ3v) is 3.39. The molecule has 0 aliphatic carbocycles. The fourth-order valence-corrected chi connectivity index (χ4v) is 2.40. The molecule has 3 heteroatoms. The minimum Gasteiger partial charge on any atom is -0.457 e. The molecular weight excluding hydrogens is 270 g/mol. The van der Waals surface area contributed by atoms with Gasteiger partial charge in [-0.25, -0.2) is 0 Å². The number of hydrogen-bond donors (Lipinski definition) is 1. The first kappa shape index (κ1) is 14.9. The van der Waals surface area contributed by atoms with Crippen molar-refractivity contribution in [1.29, 1.82) is 0 Å². The normalized spacial score (nSPS) is 12.2. The van der Waals surface area contributed by atoms with Gasteiger partial charge in [0.05, 0.1) is 0 Å². The summed E-state index contributed by atoms with van der Waals surface area (Å²) >= 11 is 5.95. The predicted octanol–water partition coefficient (Wildman–Crippen LogP) is 4.64. The van der Waals surface area contributed by atoms with Crippen molar-refractivity contribution in [2.45, 2.75) is 33.2 Å². The fourth-order valence-electron chi connectivity index (χ4n) is 2.17. The average molecular weight is 290 g/mol. The summed E-state index contributed by atoms with van der Waals surface area (Å²) < 4.78 is 5.96. The van der Waals surface area contributed by atoms with Crippen LogP contribution >= 0.6 is 11.6 Å². The van der Waals surface area contributed by atoms with Crippen LogP contribution in [0.15, 0.2) is 36.4 Å². The fraction of sp³-hybridized carbons (Fsp3) is 0.294. The maximum absolute atomic E-state index is 5.96. The molecule has 0 radical (unpaired) electrons. The van der Waals surface area contributed by atoms with Crippen LogP contribution in [0.4, 0.5) is 0 Å². The van der Waals surface area contributed by atoms with E-state index in [1.807, 2.05) is 45.0 Å². The SMILES string of the molecule is Cc1cc(Cl)ccc1Oc1ccc(CC(C)N)cc1C. The molecule has 0 aliphatic heterocycles. The number of hydrogen-bond acceptors (Lipinski definition) is 2. The van der Waals surface area contributed by atoms with Gasteiger partial charge >= 0.3 is 0 Å². The summed E-state index contributed by atoms with van der Waals surface area (Å²) in [5, 5.41) is 0.721. The van der Waals surface area contributed by atoms with Gasteiger partial charge in [-0.2, -0.15) is 0 Å². The Morgan fingerprint density at radius 1 is 1.05 bits per heavy atom. The van der Waals surface area contributed by atoms with Crippen LogP contribution in [-0.4, -0.2) is 6.04 Å². The molecule has 106 valence electrons. The molecule has 2 aromatic carbocycles. The van der Waals surface area contributed by atoms with Gasteiger partial charge in [-0.15, -0.1) is 0 Å². The molecule has 0 heterocycles. The Bertz CT molecular complexity index is 608. The Hall–Kier alpha value is -1.51. The van der Waals surface area contributed by atoms with Crippen molar-refractivity contribution in [3.8, 4) is 11.5 Å². The second-order valence-electron chi connectivity index (χ2n) is 5.29. The molecule has 2 rings (SSSR count). The molecule has 0 saturated heterocycles. The van der Waals surface area contributed by atoms with E-state index in [2.05, 4.69) is 12.1 Å². The van der Waals surface area contributed by atoms with Crippen molar-refractivity contribution in [3.05, 3.63) is 58.1 Å². The van der Waals surface area contributed by atoms with E-state index in [1.165, 1.54) is 5.56 Å². The first-order chi connectivity index (χ1) is 9.45. The van der Waals surface area contributed by atoms with E-state index in [1.54, 1.807) is 0 Å². The van der Waals surface area contributed by atoms with E-state index in [0.29, 0.717) is 0 Å².